The molecule has 4 aliphatic rings. The highest BCUT2D eigenvalue weighted by atomic mass is 35.5. The van der Waals surface area contributed by atoms with Gasteiger partial charge in [-0.3, -0.25) is 29.0 Å². The highest BCUT2D eigenvalue weighted by Crippen LogP contribution is 2.35. The molecular formula is C42H41Cl3N6O8. The first kappa shape index (κ1) is 43.0. The van der Waals surface area contributed by atoms with Crippen molar-refractivity contribution >= 4 is 70.2 Å². The summed E-state index contributed by atoms with van der Waals surface area (Å²) < 4.78 is 5.60. The zero-order chi connectivity index (χ0) is 42.2. The Morgan fingerprint density at radius 1 is 0.644 bits per heavy atom. The van der Waals surface area contributed by atoms with Gasteiger partial charge < -0.3 is 20.5 Å². The lowest BCUT2D eigenvalue weighted by Gasteiger charge is -2.30. The third-order valence-corrected chi connectivity index (χ3v) is 11.1. The number of ketones is 2. The molecule has 2 aliphatic carbocycles. The molecule has 4 heterocycles. The number of halogens is 3. The Balaban J connectivity index is 0.000000171. The van der Waals surface area contributed by atoms with Crippen molar-refractivity contribution in [3.8, 4) is 17.4 Å². The predicted octanol–water partition coefficient (Wildman–Crippen LogP) is 8.18. The van der Waals surface area contributed by atoms with Gasteiger partial charge >= 0.3 is 12.1 Å². The monoisotopic (exact) mass is 862 g/mol. The first-order chi connectivity index (χ1) is 28.3. The smallest absolute Gasteiger partial charge is 0.325 e. The van der Waals surface area contributed by atoms with Crippen LogP contribution < -0.4 is 15.4 Å². The number of nitrogens with one attached hydrogen (secondary N) is 2. The molecule has 2 aromatic carbocycles. The standard InChI is InChI=1S/C21H20ClN3O4.C15H16ClN3O3.C6H5ClO/c22-15-5-4-6-16(11-15)29-18-8-7-14(12-23-18)17(26)13-25-19(27)21(24-20(25)28)9-2-1-3-10-21;16-12-5-4-10(8-17-12)11(20)9-19-13(21)15(18-14(19)22)6-2-1-3-7-15;7-5-2-1-3-6(8)4-5/h4-8,11-12H,1-3,9-10,13H2,(H,24,28);4-5,8H,1-3,6-7,9H2,(H,18,22);1-4,8H. The van der Waals surface area contributed by atoms with Crippen LogP contribution in [-0.4, -0.2) is 84.5 Å². The first-order valence-electron chi connectivity index (χ1n) is 19.1. The zero-order valence-corrected chi connectivity index (χ0v) is 34.1. The SMILES string of the molecule is O=C(CN1C(=O)NC2(CCCCC2)C1=O)c1ccc(Cl)nc1.O=C(CN1C(=O)NC2(CCCCC2)C1=O)c1ccc(Oc2cccc(Cl)c2)nc1.Oc1cccc(Cl)c1. The summed E-state index contributed by atoms with van der Waals surface area (Å²) in [7, 11) is 0. The maximum absolute atomic E-state index is 12.8. The molecule has 2 saturated carbocycles. The molecule has 8 rings (SSSR count). The van der Waals surface area contributed by atoms with Crippen molar-refractivity contribution in [3.63, 3.8) is 0 Å². The molecular weight excluding hydrogens is 823 g/mol. The van der Waals surface area contributed by atoms with E-state index in [4.69, 9.17) is 44.6 Å². The van der Waals surface area contributed by atoms with Crippen LogP contribution in [0.3, 0.4) is 0 Å². The van der Waals surface area contributed by atoms with Gasteiger partial charge in [0.25, 0.3) is 11.8 Å². The lowest BCUT2D eigenvalue weighted by atomic mass is 9.82. The van der Waals surface area contributed by atoms with Gasteiger partial charge in [0.15, 0.2) is 11.6 Å². The van der Waals surface area contributed by atoms with Crippen LogP contribution in [-0.2, 0) is 9.59 Å². The average Bonchev–Trinajstić information content (AvgIpc) is 3.57. The number of nitrogens with zero attached hydrogens (tertiary/aromatic N) is 4. The second-order valence-corrected chi connectivity index (χ2v) is 15.8. The van der Waals surface area contributed by atoms with E-state index in [0.717, 1.165) is 48.3 Å². The third kappa shape index (κ3) is 10.5. The van der Waals surface area contributed by atoms with Crippen LogP contribution in [0.1, 0.15) is 84.9 Å². The minimum atomic E-state index is -0.831. The van der Waals surface area contributed by atoms with Crippen LogP contribution in [0.2, 0.25) is 15.2 Å². The van der Waals surface area contributed by atoms with Crippen molar-refractivity contribution in [2.75, 3.05) is 13.1 Å². The Hall–Kier alpha value is -5.57. The number of carbonyl (C=O) groups excluding carboxylic acids is 6. The van der Waals surface area contributed by atoms with Gasteiger partial charge in [-0.1, -0.05) is 85.5 Å². The molecule has 308 valence electrons. The summed E-state index contributed by atoms with van der Waals surface area (Å²) in [4.78, 5) is 84.6. The number of Topliss-reactive ketones (excluding diaryl/α,β-unsaturated/α-hetero) is 2. The number of ether oxygens (including phenoxy) is 1. The predicted molar refractivity (Wildman–Crippen MR) is 219 cm³/mol. The van der Waals surface area contributed by atoms with Gasteiger partial charge in [-0.05, 0) is 80.3 Å². The van der Waals surface area contributed by atoms with E-state index in [2.05, 4.69) is 20.6 Å². The van der Waals surface area contributed by atoms with Gasteiger partial charge in [-0.2, -0.15) is 0 Å². The van der Waals surface area contributed by atoms with E-state index < -0.39 is 23.1 Å². The maximum Gasteiger partial charge on any atom is 0.325 e. The molecule has 3 N–H and O–H groups in total. The fraction of sp³-hybridized carbons (Fsp3) is 0.333. The number of amides is 6. The van der Waals surface area contributed by atoms with Crippen molar-refractivity contribution in [3.05, 3.63) is 112 Å². The second-order valence-electron chi connectivity index (χ2n) is 14.6. The highest BCUT2D eigenvalue weighted by molar-refractivity contribution is 6.31. The fourth-order valence-corrected chi connectivity index (χ4v) is 7.85. The van der Waals surface area contributed by atoms with E-state index in [1.807, 2.05) is 0 Å². The molecule has 2 spiro atoms. The normalized spacial score (nSPS) is 17.7. The molecule has 17 heteroatoms. The number of pyridine rings is 2. The largest absolute Gasteiger partial charge is 0.508 e. The molecule has 6 amide bonds. The topological polar surface area (TPSA) is 188 Å². The number of aromatic nitrogens is 2. The number of hydrogen-bond donors (Lipinski definition) is 3. The van der Waals surface area contributed by atoms with E-state index in [-0.39, 0.29) is 47.4 Å². The summed E-state index contributed by atoms with van der Waals surface area (Å²) in [5.41, 5.74) is -1.00. The van der Waals surface area contributed by atoms with E-state index >= 15 is 0 Å². The van der Waals surface area contributed by atoms with Crippen molar-refractivity contribution in [2.45, 2.75) is 75.3 Å². The molecule has 0 radical (unpaired) electrons. The Morgan fingerprint density at radius 2 is 1.14 bits per heavy atom. The summed E-state index contributed by atoms with van der Waals surface area (Å²) >= 11 is 17.1. The highest BCUT2D eigenvalue weighted by Gasteiger charge is 2.52. The number of imide groups is 2. The van der Waals surface area contributed by atoms with Gasteiger partial charge in [0.1, 0.15) is 27.7 Å². The molecule has 2 aromatic heterocycles. The number of rotatable bonds is 8. The van der Waals surface area contributed by atoms with E-state index in [9.17, 15) is 28.8 Å². The maximum atomic E-state index is 12.8. The van der Waals surface area contributed by atoms with Crippen molar-refractivity contribution < 1.29 is 38.6 Å². The summed E-state index contributed by atoms with van der Waals surface area (Å²) in [6.45, 7) is -0.571. The molecule has 4 fully saturated rings. The number of phenols is 1. The molecule has 0 bridgehead atoms. The lowest BCUT2D eigenvalue weighted by molar-refractivity contribution is -0.132. The van der Waals surface area contributed by atoms with Crippen LogP contribution in [0.25, 0.3) is 0 Å². The van der Waals surface area contributed by atoms with Crippen molar-refractivity contribution in [1.29, 1.82) is 0 Å². The van der Waals surface area contributed by atoms with Gasteiger partial charge in [0.05, 0.1) is 13.1 Å². The Bertz CT molecular complexity index is 2190. The first-order valence-corrected chi connectivity index (χ1v) is 20.2. The van der Waals surface area contributed by atoms with Crippen LogP contribution >= 0.6 is 34.8 Å². The number of hydrogen-bond acceptors (Lipinski definition) is 10. The number of carbonyl (C=O) groups is 6. The minimum absolute atomic E-state index is 0.206. The molecule has 0 unspecified atom stereocenters. The van der Waals surface area contributed by atoms with Crippen LogP contribution in [0.5, 0.6) is 17.4 Å². The molecule has 4 aromatic rings. The number of phenolic OH excluding ortho intramolecular Hbond substituents is 1. The van der Waals surface area contributed by atoms with Gasteiger partial charge in [0.2, 0.25) is 5.88 Å². The quantitative estimate of drug-likeness (QED) is 0.0886. The van der Waals surface area contributed by atoms with E-state index in [1.54, 1.807) is 54.6 Å². The van der Waals surface area contributed by atoms with Crippen molar-refractivity contribution in [2.24, 2.45) is 0 Å². The second kappa shape index (κ2) is 19.0. The zero-order valence-electron chi connectivity index (χ0n) is 31.8. The molecule has 14 nitrogen and oxygen atoms in total. The van der Waals surface area contributed by atoms with Crippen molar-refractivity contribution in [1.82, 2.24) is 30.4 Å². The molecule has 59 heavy (non-hydrogen) atoms. The number of aromatic hydroxyl groups is 1. The molecule has 0 atom stereocenters. The Labute approximate surface area is 355 Å². The summed E-state index contributed by atoms with van der Waals surface area (Å²) in [6.07, 6.45) is 11.0. The van der Waals surface area contributed by atoms with Gasteiger partial charge in [0, 0.05) is 39.6 Å². The summed E-state index contributed by atoms with van der Waals surface area (Å²) in [5, 5.41) is 15.7. The van der Waals surface area contributed by atoms with E-state index in [1.165, 1.54) is 30.6 Å². The molecule has 2 saturated heterocycles. The van der Waals surface area contributed by atoms with Crippen LogP contribution in [0.4, 0.5) is 9.59 Å². The van der Waals surface area contributed by atoms with Gasteiger partial charge in [-0.25, -0.2) is 19.6 Å². The number of benzene rings is 2. The number of urea groups is 2. The Morgan fingerprint density at radius 3 is 1.56 bits per heavy atom. The Kier molecular flexibility index (Phi) is 13.9. The fourth-order valence-electron chi connectivity index (χ4n) is 7.37. The summed E-state index contributed by atoms with van der Waals surface area (Å²) in [5.74, 6) is -0.237. The van der Waals surface area contributed by atoms with Crippen LogP contribution in [0.15, 0.2) is 85.2 Å². The summed E-state index contributed by atoms with van der Waals surface area (Å²) in [6, 6.07) is 18.5. The average molecular weight is 864 g/mol. The van der Waals surface area contributed by atoms with Gasteiger partial charge in [-0.15, -0.1) is 0 Å². The lowest BCUT2D eigenvalue weighted by Crippen LogP contribution is -2.48. The van der Waals surface area contributed by atoms with Crippen LogP contribution in [0, 0.1) is 0 Å². The minimum Gasteiger partial charge on any atom is -0.508 e. The third-order valence-electron chi connectivity index (χ3n) is 10.4. The van der Waals surface area contributed by atoms with E-state index in [0.29, 0.717) is 58.5 Å². The molecule has 2 aliphatic heterocycles.